The lowest BCUT2D eigenvalue weighted by Gasteiger charge is -2.39. The average Bonchev–Trinajstić information content (AvgIpc) is 2.91. The molecular weight excluding hydrogens is 518 g/mol. The van der Waals surface area contributed by atoms with E-state index in [-0.39, 0.29) is 19.3 Å². The van der Waals surface area contributed by atoms with Crippen LogP contribution in [0.1, 0.15) is 161 Å². The fourth-order valence-corrected chi connectivity index (χ4v) is 5.76. The predicted octanol–water partition coefficient (Wildman–Crippen LogP) is 7.66. The van der Waals surface area contributed by atoms with E-state index < -0.39 is 17.9 Å². The molecule has 0 fully saturated rings. The molecule has 0 heterocycles. The number of unbranched alkanes of at least 4 members (excludes halogenated alkanes) is 16. The van der Waals surface area contributed by atoms with E-state index in [1.165, 1.54) is 103 Å². The van der Waals surface area contributed by atoms with Gasteiger partial charge in [-0.3, -0.25) is 9.59 Å². The Bertz CT molecular complexity index is 628. The van der Waals surface area contributed by atoms with Crippen molar-refractivity contribution in [1.29, 1.82) is 0 Å². The number of carboxylic acid groups (broad SMARTS) is 3. The van der Waals surface area contributed by atoms with Crippen molar-refractivity contribution in [3.8, 4) is 0 Å². The maximum absolute atomic E-state index is 11.1. The summed E-state index contributed by atoms with van der Waals surface area (Å²) in [4.78, 5) is 33.1. The van der Waals surface area contributed by atoms with E-state index in [4.69, 9.17) is 10.2 Å². The Balaban J connectivity index is 4.07. The highest BCUT2D eigenvalue weighted by Gasteiger charge is 2.26. The van der Waals surface area contributed by atoms with Crippen molar-refractivity contribution in [3.63, 3.8) is 0 Å². The lowest BCUT2D eigenvalue weighted by Crippen LogP contribution is -2.51. The highest BCUT2D eigenvalue weighted by molar-refractivity contribution is 5.66. The molecule has 0 spiro atoms. The summed E-state index contributed by atoms with van der Waals surface area (Å²) in [5.41, 5.74) is 0. The molecule has 0 amide bonds. The van der Waals surface area contributed by atoms with E-state index in [9.17, 15) is 19.5 Å². The molecule has 0 saturated heterocycles. The Kier molecular flexibility index (Phi) is 26.9. The van der Waals surface area contributed by atoms with Gasteiger partial charge in [-0.2, -0.15) is 0 Å². The molecule has 2 N–H and O–H groups in total. The second-order valence-corrected chi connectivity index (χ2v) is 12.1. The number of allylic oxidation sites excluding steroid dienone is 2. The van der Waals surface area contributed by atoms with Crippen molar-refractivity contribution >= 4 is 17.9 Å². The van der Waals surface area contributed by atoms with Crippen LogP contribution in [-0.2, 0) is 14.4 Å². The summed E-state index contributed by atoms with van der Waals surface area (Å²) in [7, 11) is 0. The first-order valence-electron chi connectivity index (χ1n) is 16.9. The predicted molar refractivity (Wildman–Crippen MR) is 166 cm³/mol. The summed E-state index contributed by atoms with van der Waals surface area (Å²) in [5, 5.41) is 29.1. The Labute approximate surface area is 251 Å². The van der Waals surface area contributed by atoms with Gasteiger partial charge in [0.25, 0.3) is 0 Å². The number of quaternary nitrogens is 1. The Morgan fingerprint density at radius 3 is 1.24 bits per heavy atom. The van der Waals surface area contributed by atoms with Crippen molar-refractivity contribution < 1.29 is 34.2 Å². The van der Waals surface area contributed by atoms with Gasteiger partial charge in [-0.25, -0.2) is 0 Å². The molecule has 0 bridgehead atoms. The van der Waals surface area contributed by atoms with Crippen molar-refractivity contribution in [2.75, 3.05) is 26.2 Å². The topological polar surface area (TPSA) is 115 Å². The van der Waals surface area contributed by atoms with Gasteiger partial charge in [0.1, 0.15) is 0 Å². The molecule has 0 unspecified atom stereocenters. The zero-order chi connectivity index (χ0) is 30.4. The number of carbonyl (C=O) groups is 3. The maximum atomic E-state index is 11.1. The van der Waals surface area contributed by atoms with Crippen molar-refractivity contribution in [2.45, 2.75) is 161 Å². The van der Waals surface area contributed by atoms with Crippen LogP contribution in [0.3, 0.4) is 0 Å². The highest BCUT2D eigenvalue weighted by atomic mass is 16.4. The first-order chi connectivity index (χ1) is 19.8. The van der Waals surface area contributed by atoms with E-state index in [1.54, 1.807) is 0 Å². The number of carbonyl (C=O) groups excluding carboxylic acids is 1. The molecule has 0 aromatic heterocycles. The number of carboxylic acids is 3. The Morgan fingerprint density at radius 2 is 0.854 bits per heavy atom. The van der Waals surface area contributed by atoms with Crippen LogP contribution in [0.15, 0.2) is 12.2 Å². The third kappa shape index (κ3) is 28.0. The second-order valence-electron chi connectivity index (χ2n) is 12.1. The minimum absolute atomic E-state index is 0.0191. The molecular formula is C34H63NO6. The SMILES string of the molecule is CCCCC/C=C/CCCCCCCCCCCCCCC[N+](CCCC(=O)[O-])(CCCC(=O)O)CCCC(=O)O. The minimum atomic E-state index is -1.07. The minimum Gasteiger partial charge on any atom is -0.550 e. The van der Waals surface area contributed by atoms with Gasteiger partial charge >= 0.3 is 11.9 Å². The first kappa shape index (κ1) is 39.1. The molecule has 0 radical (unpaired) electrons. The van der Waals surface area contributed by atoms with E-state index in [1.807, 2.05) is 0 Å². The third-order valence-corrected chi connectivity index (χ3v) is 8.20. The van der Waals surface area contributed by atoms with E-state index in [0.29, 0.717) is 43.4 Å². The van der Waals surface area contributed by atoms with Crippen molar-refractivity contribution in [3.05, 3.63) is 12.2 Å². The van der Waals surface area contributed by atoms with Gasteiger partial charge in [-0.1, -0.05) is 96.1 Å². The lowest BCUT2D eigenvalue weighted by atomic mass is 10.0. The average molecular weight is 582 g/mol. The second kappa shape index (κ2) is 28.2. The van der Waals surface area contributed by atoms with Gasteiger partial charge in [-0.15, -0.1) is 0 Å². The standard InChI is InChI=1S/C34H63NO6/c1-2-3-4-5-6-7-8-9-10-11-12-13-14-15-16-17-18-19-20-21-28-35(29-22-25-32(36)37,30-23-26-33(38)39)31-24-27-34(40)41/h6-7H,2-5,8-31H2,1H3,(H2-,36,37,38,39,40,41)/b7-6+. The molecule has 0 saturated carbocycles. The zero-order valence-electron chi connectivity index (χ0n) is 26.4. The number of nitrogens with zero attached hydrogens (tertiary/aromatic N) is 1. The van der Waals surface area contributed by atoms with Gasteiger partial charge in [0.15, 0.2) is 0 Å². The van der Waals surface area contributed by atoms with Crippen LogP contribution in [0.2, 0.25) is 0 Å². The van der Waals surface area contributed by atoms with Crippen LogP contribution >= 0.6 is 0 Å². The van der Waals surface area contributed by atoms with Gasteiger partial charge in [0.2, 0.25) is 0 Å². The summed E-state index contributed by atoms with van der Waals surface area (Å²) >= 11 is 0. The summed E-state index contributed by atoms with van der Waals surface area (Å²) < 4.78 is 0.615. The summed E-state index contributed by atoms with van der Waals surface area (Å²) in [6, 6.07) is 0. The fraction of sp³-hybridized carbons (Fsp3) is 0.853. The van der Waals surface area contributed by atoms with Crippen molar-refractivity contribution in [2.24, 2.45) is 0 Å². The molecule has 41 heavy (non-hydrogen) atoms. The molecule has 0 aromatic rings. The maximum Gasteiger partial charge on any atom is 0.303 e. The van der Waals surface area contributed by atoms with E-state index in [2.05, 4.69) is 19.1 Å². The van der Waals surface area contributed by atoms with E-state index in [0.717, 1.165) is 19.4 Å². The molecule has 240 valence electrons. The molecule has 0 aromatic carbocycles. The normalized spacial score (nSPS) is 11.8. The number of rotatable bonds is 32. The molecule has 0 atom stereocenters. The molecule has 0 aliphatic rings. The lowest BCUT2D eigenvalue weighted by molar-refractivity contribution is -0.929. The van der Waals surface area contributed by atoms with Gasteiger partial charge < -0.3 is 24.6 Å². The van der Waals surface area contributed by atoms with Crippen LogP contribution in [0.5, 0.6) is 0 Å². The van der Waals surface area contributed by atoms with Crippen LogP contribution < -0.4 is 5.11 Å². The molecule has 7 nitrogen and oxygen atoms in total. The van der Waals surface area contributed by atoms with Gasteiger partial charge in [0, 0.05) is 25.2 Å². The molecule has 0 aliphatic heterocycles. The van der Waals surface area contributed by atoms with E-state index >= 15 is 0 Å². The monoisotopic (exact) mass is 581 g/mol. The van der Waals surface area contributed by atoms with Crippen molar-refractivity contribution in [1.82, 2.24) is 0 Å². The zero-order valence-corrected chi connectivity index (χ0v) is 26.4. The summed E-state index contributed by atoms with van der Waals surface area (Å²) in [5.74, 6) is -2.74. The van der Waals surface area contributed by atoms with Crippen LogP contribution in [-0.4, -0.2) is 58.8 Å². The highest BCUT2D eigenvalue weighted by Crippen LogP contribution is 2.19. The quantitative estimate of drug-likeness (QED) is 0.0479. The smallest absolute Gasteiger partial charge is 0.303 e. The molecule has 0 rings (SSSR count). The number of hydrogen-bond acceptors (Lipinski definition) is 4. The summed E-state index contributed by atoms with van der Waals surface area (Å²) in [6.45, 7) is 5.02. The van der Waals surface area contributed by atoms with Crippen LogP contribution in [0, 0.1) is 0 Å². The van der Waals surface area contributed by atoms with Crippen LogP contribution in [0.4, 0.5) is 0 Å². The first-order valence-corrected chi connectivity index (χ1v) is 16.9. The number of hydrogen-bond donors (Lipinski definition) is 2. The Morgan fingerprint density at radius 1 is 0.512 bits per heavy atom. The third-order valence-electron chi connectivity index (χ3n) is 8.20. The fourth-order valence-electron chi connectivity index (χ4n) is 5.76. The molecule has 0 aliphatic carbocycles. The largest absolute Gasteiger partial charge is 0.550 e. The van der Waals surface area contributed by atoms with Crippen LogP contribution in [0.25, 0.3) is 0 Å². The van der Waals surface area contributed by atoms with Gasteiger partial charge in [-0.05, 0) is 44.9 Å². The molecule has 7 heteroatoms. The Hall–Kier alpha value is -1.89. The number of aliphatic carboxylic acids is 3. The van der Waals surface area contributed by atoms with Gasteiger partial charge in [0.05, 0.1) is 39.0 Å². The summed E-state index contributed by atoms with van der Waals surface area (Å²) in [6.07, 6.45) is 29.4.